The Labute approximate surface area is 175 Å². The molecule has 0 unspecified atom stereocenters. The Kier molecular flexibility index (Phi) is 8.18. The average Bonchev–Trinajstić information content (AvgIpc) is 3.18. The molecule has 1 aliphatic heterocycles. The third-order valence-corrected chi connectivity index (χ3v) is 7.35. The number of nitrogens with one attached hydrogen (secondary N) is 2. The topological polar surface area (TPSA) is 83.0 Å². The number of fused-ring (bicyclic) bond motifs is 1. The zero-order valence-electron chi connectivity index (χ0n) is 17.4. The van der Waals surface area contributed by atoms with Crippen molar-refractivity contribution in [2.75, 3.05) is 43.3 Å². The van der Waals surface area contributed by atoms with Crippen LogP contribution in [0.4, 0.5) is 5.69 Å². The van der Waals surface area contributed by atoms with Gasteiger partial charge in [0.2, 0.25) is 10.0 Å². The first-order valence-corrected chi connectivity index (χ1v) is 12.4. The normalized spacial score (nSPS) is 18.0. The highest BCUT2D eigenvalue weighted by Crippen LogP contribution is 2.29. The van der Waals surface area contributed by atoms with Gasteiger partial charge in [0.25, 0.3) is 0 Å². The van der Waals surface area contributed by atoms with Crippen LogP contribution in [0.1, 0.15) is 44.1 Å². The van der Waals surface area contributed by atoms with E-state index in [4.69, 9.17) is 4.74 Å². The Bertz CT molecular complexity index is 776. The van der Waals surface area contributed by atoms with Crippen LogP contribution in [-0.4, -0.2) is 59.5 Å². The molecule has 162 valence electrons. The van der Waals surface area contributed by atoms with Gasteiger partial charge < -0.3 is 15.4 Å². The van der Waals surface area contributed by atoms with Crippen LogP contribution < -0.4 is 14.9 Å². The van der Waals surface area contributed by atoms with Gasteiger partial charge in [-0.25, -0.2) is 8.42 Å². The van der Waals surface area contributed by atoms with Gasteiger partial charge in [0.1, 0.15) is 0 Å². The quantitative estimate of drug-likeness (QED) is 0.362. The molecule has 8 heteroatoms. The molecule has 0 aromatic heterocycles. The smallest absolute Gasteiger partial charge is 0.236 e. The van der Waals surface area contributed by atoms with Crippen molar-refractivity contribution in [2.45, 2.75) is 51.0 Å². The van der Waals surface area contributed by atoms with Crippen molar-refractivity contribution in [2.24, 2.45) is 4.99 Å². The first-order chi connectivity index (χ1) is 14.1. The van der Waals surface area contributed by atoms with E-state index in [0.717, 1.165) is 37.2 Å². The molecule has 0 atom stereocenters. The summed E-state index contributed by atoms with van der Waals surface area (Å²) in [5.74, 6) is 0.659. The third kappa shape index (κ3) is 6.34. The molecule has 1 aromatic rings. The van der Waals surface area contributed by atoms with E-state index >= 15 is 0 Å². The number of hydrogen-bond donors (Lipinski definition) is 2. The lowest BCUT2D eigenvalue weighted by molar-refractivity contribution is 0.0277. The molecule has 1 heterocycles. The van der Waals surface area contributed by atoms with E-state index in [9.17, 15) is 8.42 Å². The van der Waals surface area contributed by atoms with Crippen LogP contribution in [0.2, 0.25) is 0 Å². The summed E-state index contributed by atoms with van der Waals surface area (Å²) < 4.78 is 32.9. The molecule has 1 aromatic carbocycles. The molecule has 1 saturated carbocycles. The summed E-state index contributed by atoms with van der Waals surface area (Å²) in [5.41, 5.74) is 1.91. The number of benzene rings is 1. The Hall–Kier alpha value is -1.80. The van der Waals surface area contributed by atoms with Crippen molar-refractivity contribution in [3.8, 4) is 0 Å². The van der Waals surface area contributed by atoms with E-state index in [1.54, 1.807) is 7.05 Å². The third-order valence-electron chi connectivity index (χ3n) is 5.58. The van der Waals surface area contributed by atoms with Gasteiger partial charge in [0, 0.05) is 33.3 Å². The van der Waals surface area contributed by atoms with Crippen molar-refractivity contribution in [1.82, 2.24) is 10.6 Å². The van der Waals surface area contributed by atoms with Gasteiger partial charge in [-0.3, -0.25) is 9.30 Å². The second-order valence-electron chi connectivity index (χ2n) is 7.68. The van der Waals surface area contributed by atoms with Gasteiger partial charge in [-0.2, -0.15) is 0 Å². The van der Waals surface area contributed by atoms with Gasteiger partial charge in [-0.05, 0) is 37.3 Å². The molecule has 2 N–H and O–H groups in total. The molecule has 0 saturated heterocycles. The summed E-state index contributed by atoms with van der Waals surface area (Å²) >= 11 is 0. The minimum Gasteiger partial charge on any atom is -0.378 e. The van der Waals surface area contributed by atoms with Crippen LogP contribution in [-0.2, 0) is 21.2 Å². The summed E-state index contributed by atoms with van der Waals surface area (Å²) in [7, 11) is -1.66. The number of hydrogen-bond acceptors (Lipinski definition) is 4. The summed E-state index contributed by atoms with van der Waals surface area (Å²) in [4.78, 5) is 4.17. The summed E-state index contributed by atoms with van der Waals surface area (Å²) in [5, 5.41) is 6.33. The van der Waals surface area contributed by atoms with E-state index < -0.39 is 10.0 Å². The predicted octanol–water partition coefficient (Wildman–Crippen LogP) is 2.28. The van der Waals surface area contributed by atoms with Crippen LogP contribution in [0.15, 0.2) is 29.3 Å². The second kappa shape index (κ2) is 10.8. The maximum atomic E-state index is 12.7. The fourth-order valence-electron chi connectivity index (χ4n) is 3.99. The van der Waals surface area contributed by atoms with E-state index in [0.29, 0.717) is 25.2 Å². The Morgan fingerprint density at radius 2 is 1.93 bits per heavy atom. The number of para-hydroxylation sites is 1. The minimum absolute atomic E-state index is 0.0345. The van der Waals surface area contributed by atoms with Crippen LogP contribution in [0.5, 0.6) is 0 Å². The number of nitrogens with zero attached hydrogens (tertiary/aromatic N) is 2. The molecule has 0 amide bonds. The van der Waals surface area contributed by atoms with E-state index in [1.165, 1.54) is 36.4 Å². The van der Waals surface area contributed by atoms with Crippen molar-refractivity contribution in [3.63, 3.8) is 0 Å². The lowest BCUT2D eigenvalue weighted by atomic mass is 9.98. The number of aliphatic imine (C=N–C) groups is 1. The molecule has 0 radical (unpaired) electrons. The number of anilines is 1. The molecule has 29 heavy (non-hydrogen) atoms. The highest BCUT2D eigenvalue weighted by molar-refractivity contribution is 7.92. The van der Waals surface area contributed by atoms with Gasteiger partial charge >= 0.3 is 0 Å². The van der Waals surface area contributed by atoms with E-state index in [1.807, 2.05) is 24.3 Å². The van der Waals surface area contributed by atoms with Gasteiger partial charge in [0.15, 0.2) is 5.96 Å². The predicted molar refractivity (Wildman–Crippen MR) is 118 cm³/mol. The van der Waals surface area contributed by atoms with Crippen molar-refractivity contribution in [3.05, 3.63) is 29.8 Å². The fourth-order valence-corrected chi connectivity index (χ4v) is 5.41. The van der Waals surface area contributed by atoms with Gasteiger partial charge in [0.05, 0.1) is 17.5 Å². The SMILES string of the molecule is CN=C(NCCCOC1CCCCC1)NCCS(=O)(=O)N1CCc2ccccc21. The number of rotatable bonds is 9. The minimum atomic E-state index is -3.35. The van der Waals surface area contributed by atoms with Crippen LogP contribution in [0.25, 0.3) is 0 Å². The maximum absolute atomic E-state index is 12.7. The van der Waals surface area contributed by atoms with Gasteiger partial charge in [-0.15, -0.1) is 0 Å². The van der Waals surface area contributed by atoms with Crippen LogP contribution in [0.3, 0.4) is 0 Å². The summed E-state index contributed by atoms with van der Waals surface area (Å²) in [6.45, 7) is 2.34. The van der Waals surface area contributed by atoms with E-state index in [2.05, 4.69) is 15.6 Å². The molecule has 7 nitrogen and oxygen atoms in total. The Morgan fingerprint density at radius 3 is 2.72 bits per heavy atom. The lowest BCUT2D eigenvalue weighted by Crippen LogP contribution is -2.42. The Balaban J connectivity index is 1.34. The molecule has 3 rings (SSSR count). The zero-order valence-corrected chi connectivity index (χ0v) is 18.2. The first-order valence-electron chi connectivity index (χ1n) is 10.7. The standard InChI is InChI=1S/C21H34N4O3S/c1-22-21(23-13-7-16-28-19-9-3-2-4-10-19)24-14-17-29(26,27)25-15-12-18-8-5-6-11-20(18)25/h5-6,8,11,19H,2-4,7,9-10,12-17H2,1H3,(H2,22,23,24). The molecule has 1 aliphatic carbocycles. The highest BCUT2D eigenvalue weighted by Gasteiger charge is 2.28. The maximum Gasteiger partial charge on any atom is 0.236 e. The van der Waals surface area contributed by atoms with E-state index in [-0.39, 0.29) is 5.75 Å². The largest absolute Gasteiger partial charge is 0.378 e. The average molecular weight is 423 g/mol. The molecule has 1 fully saturated rings. The molecular weight excluding hydrogens is 388 g/mol. The highest BCUT2D eigenvalue weighted by atomic mass is 32.2. The first kappa shape index (κ1) is 21.9. The Morgan fingerprint density at radius 1 is 1.17 bits per heavy atom. The zero-order chi connectivity index (χ0) is 20.5. The van der Waals surface area contributed by atoms with Crippen LogP contribution in [0, 0.1) is 0 Å². The lowest BCUT2D eigenvalue weighted by Gasteiger charge is -2.22. The van der Waals surface area contributed by atoms with Crippen LogP contribution >= 0.6 is 0 Å². The number of guanidine groups is 1. The fraction of sp³-hybridized carbons (Fsp3) is 0.667. The monoisotopic (exact) mass is 422 g/mol. The second-order valence-corrected chi connectivity index (χ2v) is 9.69. The molecule has 2 aliphatic rings. The molecule has 0 bridgehead atoms. The van der Waals surface area contributed by atoms with Crippen molar-refractivity contribution >= 4 is 21.7 Å². The molecular formula is C21H34N4O3S. The number of ether oxygens (including phenoxy) is 1. The van der Waals surface area contributed by atoms with Crippen molar-refractivity contribution < 1.29 is 13.2 Å². The number of sulfonamides is 1. The summed E-state index contributed by atoms with van der Waals surface area (Å²) in [6.07, 6.45) is 8.39. The van der Waals surface area contributed by atoms with Crippen molar-refractivity contribution in [1.29, 1.82) is 0 Å². The molecule has 0 spiro atoms. The summed E-state index contributed by atoms with van der Waals surface area (Å²) in [6, 6.07) is 7.71. The van der Waals surface area contributed by atoms with Gasteiger partial charge in [-0.1, -0.05) is 37.5 Å².